The maximum atomic E-state index is 11.8. The minimum absolute atomic E-state index is 0.104. The van der Waals surface area contributed by atoms with E-state index in [2.05, 4.69) is 28.6 Å². The summed E-state index contributed by atoms with van der Waals surface area (Å²) in [6.07, 6.45) is 0. The Balaban J connectivity index is 4.63. The third-order valence-electron chi connectivity index (χ3n) is 2.57. The van der Waals surface area contributed by atoms with E-state index in [-0.39, 0.29) is 12.3 Å². The number of aliphatic hydroxyl groups is 1. The second kappa shape index (κ2) is 9.97. The summed E-state index contributed by atoms with van der Waals surface area (Å²) in [7, 11) is 0. The monoisotopic (exact) mass is 336 g/mol. The Hall–Kier alpha value is -1.85. The average molecular weight is 336 g/mol. The largest absolute Gasteiger partial charge is 0.480 e. The van der Waals surface area contributed by atoms with Gasteiger partial charge < -0.3 is 31.9 Å². The van der Waals surface area contributed by atoms with Gasteiger partial charge in [-0.3, -0.25) is 14.4 Å². The Morgan fingerprint density at radius 1 is 1.09 bits per heavy atom. The van der Waals surface area contributed by atoms with Crippen LogP contribution in [-0.4, -0.2) is 70.9 Å². The molecule has 0 rings (SSSR count). The van der Waals surface area contributed by atoms with Crippen LogP contribution >= 0.6 is 12.6 Å². The first-order chi connectivity index (χ1) is 10.3. The van der Waals surface area contributed by atoms with Crippen molar-refractivity contribution in [2.24, 2.45) is 5.73 Å². The quantitative estimate of drug-likeness (QED) is 0.213. The van der Waals surface area contributed by atoms with E-state index in [9.17, 15) is 19.2 Å². The van der Waals surface area contributed by atoms with Crippen LogP contribution in [0.4, 0.5) is 0 Å². The van der Waals surface area contributed by atoms with E-state index in [0.29, 0.717) is 0 Å². The minimum atomic E-state index is -1.49. The molecule has 126 valence electrons. The molecule has 0 aliphatic heterocycles. The molecule has 0 spiro atoms. The number of thiol groups is 1. The van der Waals surface area contributed by atoms with E-state index in [4.69, 9.17) is 15.9 Å². The third kappa shape index (κ3) is 6.74. The fourth-order valence-corrected chi connectivity index (χ4v) is 1.57. The molecule has 0 aromatic carbocycles. The molecule has 22 heavy (non-hydrogen) atoms. The number of carbonyl (C=O) groups excluding carboxylic acids is 3. The molecule has 7 N–H and O–H groups in total. The number of aliphatic hydroxyl groups excluding tert-OH is 1. The van der Waals surface area contributed by atoms with Crippen molar-refractivity contribution in [3.63, 3.8) is 0 Å². The molecule has 0 aliphatic rings. The van der Waals surface area contributed by atoms with Crippen LogP contribution in [0.2, 0.25) is 0 Å². The van der Waals surface area contributed by atoms with Crippen LogP contribution in [0.15, 0.2) is 0 Å². The number of carboxylic acid groups (broad SMARTS) is 1. The Bertz CT molecular complexity index is 433. The van der Waals surface area contributed by atoms with E-state index in [1.807, 2.05) is 0 Å². The highest BCUT2D eigenvalue weighted by Gasteiger charge is 2.26. The van der Waals surface area contributed by atoms with Crippen molar-refractivity contribution in [3.8, 4) is 0 Å². The standard InChI is InChI=1S/C11H20N4O6S/c1-5(13-8(17)2-12)9(18)15-7(4-22)10(19)14-6(3-16)11(20)21/h5-7,16,22H,2-4,12H2,1H3,(H,13,17)(H,14,19)(H,15,18)(H,20,21). The van der Waals surface area contributed by atoms with E-state index in [1.165, 1.54) is 6.92 Å². The molecule has 0 fully saturated rings. The lowest BCUT2D eigenvalue weighted by Gasteiger charge is -2.21. The summed E-state index contributed by atoms with van der Waals surface area (Å²) in [5.74, 6) is -3.54. The summed E-state index contributed by atoms with van der Waals surface area (Å²) in [5, 5.41) is 24.2. The Labute approximate surface area is 132 Å². The summed E-state index contributed by atoms with van der Waals surface area (Å²) < 4.78 is 0. The average Bonchev–Trinajstić information content (AvgIpc) is 2.48. The van der Waals surface area contributed by atoms with Crippen LogP contribution in [-0.2, 0) is 19.2 Å². The van der Waals surface area contributed by atoms with Gasteiger partial charge in [-0.25, -0.2) is 4.79 Å². The summed E-state index contributed by atoms with van der Waals surface area (Å²) >= 11 is 3.90. The zero-order chi connectivity index (χ0) is 17.3. The first-order valence-corrected chi connectivity index (χ1v) is 6.94. The van der Waals surface area contributed by atoms with E-state index in [1.54, 1.807) is 0 Å². The van der Waals surface area contributed by atoms with Gasteiger partial charge in [0.1, 0.15) is 18.1 Å². The second-order valence-corrected chi connectivity index (χ2v) is 4.68. The number of carboxylic acids is 1. The molecule has 0 aromatic rings. The van der Waals surface area contributed by atoms with Gasteiger partial charge in [0.15, 0.2) is 0 Å². The van der Waals surface area contributed by atoms with Gasteiger partial charge in [0.2, 0.25) is 17.7 Å². The lowest BCUT2D eigenvalue weighted by molar-refractivity contribution is -0.143. The maximum absolute atomic E-state index is 11.8. The van der Waals surface area contributed by atoms with Crippen LogP contribution < -0.4 is 21.7 Å². The molecular weight excluding hydrogens is 316 g/mol. The predicted octanol–water partition coefficient (Wildman–Crippen LogP) is -3.57. The molecule has 0 saturated carbocycles. The van der Waals surface area contributed by atoms with Gasteiger partial charge in [0.05, 0.1) is 13.2 Å². The van der Waals surface area contributed by atoms with Gasteiger partial charge in [-0.1, -0.05) is 0 Å². The summed E-state index contributed by atoms with van der Waals surface area (Å²) in [6, 6.07) is -3.54. The van der Waals surface area contributed by atoms with Gasteiger partial charge in [0.25, 0.3) is 0 Å². The lowest BCUT2D eigenvalue weighted by Crippen LogP contribution is -2.56. The number of hydrogen-bond donors (Lipinski definition) is 7. The first kappa shape index (κ1) is 20.1. The van der Waals surface area contributed by atoms with Gasteiger partial charge in [-0.05, 0) is 6.92 Å². The molecular formula is C11H20N4O6S. The smallest absolute Gasteiger partial charge is 0.328 e. The van der Waals surface area contributed by atoms with Gasteiger partial charge in [-0.15, -0.1) is 0 Å². The van der Waals surface area contributed by atoms with Gasteiger partial charge in [-0.2, -0.15) is 12.6 Å². The third-order valence-corrected chi connectivity index (χ3v) is 2.93. The molecule has 0 radical (unpaired) electrons. The molecule has 3 unspecified atom stereocenters. The Morgan fingerprint density at radius 3 is 2.05 bits per heavy atom. The number of aliphatic carboxylic acids is 1. The molecule has 0 aliphatic carbocycles. The van der Waals surface area contributed by atoms with Crippen molar-refractivity contribution in [2.75, 3.05) is 18.9 Å². The molecule has 11 heteroatoms. The molecule has 0 saturated heterocycles. The predicted molar refractivity (Wildman–Crippen MR) is 79.1 cm³/mol. The summed E-state index contributed by atoms with van der Waals surface area (Å²) in [4.78, 5) is 45.4. The fraction of sp³-hybridized carbons (Fsp3) is 0.636. The van der Waals surface area contributed by atoms with E-state index < -0.39 is 48.4 Å². The normalized spacial score (nSPS) is 14.4. The Morgan fingerprint density at radius 2 is 1.64 bits per heavy atom. The summed E-state index contributed by atoms with van der Waals surface area (Å²) in [6.45, 7) is 0.312. The zero-order valence-electron chi connectivity index (χ0n) is 11.9. The van der Waals surface area contributed by atoms with Gasteiger partial charge in [0, 0.05) is 5.75 Å². The highest BCUT2D eigenvalue weighted by molar-refractivity contribution is 7.80. The van der Waals surface area contributed by atoms with Crippen LogP contribution in [0, 0.1) is 0 Å². The molecule has 3 atom stereocenters. The van der Waals surface area contributed by atoms with Crippen LogP contribution in [0.25, 0.3) is 0 Å². The summed E-state index contributed by atoms with van der Waals surface area (Å²) in [5.41, 5.74) is 5.10. The van der Waals surface area contributed by atoms with Crippen molar-refractivity contribution in [1.82, 2.24) is 16.0 Å². The number of nitrogens with two attached hydrogens (primary N) is 1. The SMILES string of the molecule is CC(NC(=O)CN)C(=O)NC(CS)C(=O)NC(CO)C(=O)O. The number of rotatable bonds is 9. The number of nitrogens with one attached hydrogen (secondary N) is 3. The molecule has 10 nitrogen and oxygen atoms in total. The van der Waals surface area contributed by atoms with Crippen molar-refractivity contribution in [3.05, 3.63) is 0 Å². The van der Waals surface area contributed by atoms with E-state index in [0.717, 1.165) is 0 Å². The van der Waals surface area contributed by atoms with Crippen LogP contribution in [0.1, 0.15) is 6.92 Å². The zero-order valence-corrected chi connectivity index (χ0v) is 12.8. The molecule has 0 aromatic heterocycles. The topological polar surface area (TPSA) is 171 Å². The number of amides is 3. The van der Waals surface area contributed by atoms with Crippen LogP contribution in [0.3, 0.4) is 0 Å². The highest BCUT2D eigenvalue weighted by Crippen LogP contribution is 1.94. The van der Waals surface area contributed by atoms with Crippen molar-refractivity contribution in [2.45, 2.75) is 25.0 Å². The van der Waals surface area contributed by atoms with Crippen molar-refractivity contribution >= 4 is 36.3 Å². The maximum Gasteiger partial charge on any atom is 0.328 e. The van der Waals surface area contributed by atoms with Crippen LogP contribution in [0.5, 0.6) is 0 Å². The minimum Gasteiger partial charge on any atom is -0.480 e. The lowest BCUT2D eigenvalue weighted by atomic mass is 10.2. The molecule has 3 amide bonds. The van der Waals surface area contributed by atoms with Crippen molar-refractivity contribution < 1.29 is 29.4 Å². The molecule has 0 heterocycles. The number of carbonyl (C=O) groups is 4. The first-order valence-electron chi connectivity index (χ1n) is 6.31. The van der Waals surface area contributed by atoms with E-state index >= 15 is 0 Å². The Kier molecular flexibility index (Phi) is 9.13. The van der Waals surface area contributed by atoms with Gasteiger partial charge >= 0.3 is 5.97 Å². The highest BCUT2D eigenvalue weighted by atomic mass is 32.1. The van der Waals surface area contributed by atoms with Crippen molar-refractivity contribution in [1.29, 1.82) is 0 Å². The molecule has 0 bridgehead atoms. The fourth-order valence-electron chi connectivity index (χ4n) is 1.31. The second-order valence-electron chi connectivity index (χ2n) is 4.32. The number of hydrogen-bond acceptors (Lipinski definition) is 7.